The molecule has 2 rings (SSSR count). The molecule has 1 aromatic rings. The Balaban J connectivity index is 1.97. The van der Waals surface area contributed by atoms with Crippen LogP contribution in [0.5, 0.6) is 0 Å². The largest absolute Gasteiger partial charge is 0.407 e. The Kier molecular flexibility index (Phi) is 3.82. The third kappa shape index (κ3) is 4.18. The molecule has 108 valence electrons. The van der Waals surface area contributed by atoms with Crippen LogP contribution in [0.2, 0.25) is 0 Å². The second kappa shape index (κ2) is 5.09. The summed E-state index contributed by atoms with van der Waals surface area (Å²) >= 11 is 0. The highest BCUT2D eigenvalue weighted by atomic mass is 16.5. The van der Waals surface area contributed by atoms with Crippen LogP contribution in [0, 0.1) is 0 Å². The summed E-state index contributed by atoms with van der Waals surface area (Å²) in [6, 6.07) is 0.585. The molecule has 1 saturated heterocycles. The SMILES string of the molecule is CC(C)(C)NCc1nnc(N2CCOC(C)(C)C2)o1. The van der Waals surface area contributed by atoms with Gasteiger partial charge in [0.25, 0.3) is 0 Å². The van der Waals surface area contributed by atoms with Crippen molar-refractivity contribution in [1.82, 2.24) is 15.5 Å². The Hall–Kier alpha value is -1.14. The maximum atomic E-state index is 5.70. The fourth-order valence-electron chi connectivity index (χ4n) is 1.96. The Bertz CT molecular complexity index is 423. The molecule has 0 saturated carbocycles. The molecule has 1 aliphatic rings. The van der Waals surface area contributed by atoms with Crippen molar-refractivity contribution >= 4 is 6.01 Å². The monoisotopic (exact) mass is 268 g/mol. The highest BCUT2D eigenvalue weighted by molar-refractivity contribution is 5.26. The molecule has 0 spiro atoms. The Morgan fingerprint density at radius 2 is 2.05 bits per heavy atom. The van der Waals surface area contributed by atoms with E-state index >= 15 is 0 Å². The number of hydrogen-bond donors (Lipinski definition) is 1. The molecule has 2 heterocycles. The van der Waals surface area contributed by atoms with E-state index in [4.69, 9.17) is 9.15 Å². The van der Waals surface area contributed by atoms with Crippen molar-refractivity contribution in [2.45, 2.75) is 52.3 Å². The summed E-state index contributed by atoms with van der Waals surface area (Å²) in [6.07, 6.45) is 0. The van der Waals surface area contributed by atoms with Crippen LogP contribution in [0.3, 0.4) is 0 Å². The van der Waals surface area contributed by atoms with Gasteiger partial charge in [-0.1, -0.05) is 5.10 Å². The predicted molar refractivity (Wildman–Crippen MR) is 73.1 cm³/mol. The summed E-state index contributed by atoms with van der Waals surface area (Å²) in [4.78, 5) is 2.08. The smallest absolute Gasteiger partial charge is 0.318 e. The van der Waals surface area contributed by atoms with Gasteiger partial charge in [0.05, 0.1) is 25.3 Å². The van der Waals surface area contributed by atoms with Crippen molar-refractivity contribution in [3.63, 3.8) is 0 Å². The summed E-state index contributed by atoms with van der Waals surface area (Å²) in [7, 11) is 0. The maximum Gasteiger partial charge on any atom is 0.318 e. The first-order chi connectivity index (χ1) is 8.75. The summed E-state index contributed by atoms with van der Waals surface area (Å²) in [6.45, 7) is 13.3. The normalized spacial score (nSPS) is 19.7. The zero-order chi connectivity index (χ0) is 14.1. The van der Waals surface area contributed by atoms with Crippen LogP contribution in [-0.4, -0.2) is 41.0 Å². The molecule has 6 nitrogen and oxygen atoms in total. The van der Waals surface area contributed by atoms with Gasteiger partial charge in [-0.3, -0.25) is 0 Å². The highest BCUT2D eigenvalue weighted by Crippen LogP contribution is 2.21. The third-order valence-corrected chi connectivity index (χ3v) is 2.92. The van der Waals surface area contributed by atoms with Crippen LogP contribution in [0.1, 0.15) is 40.5 Å². The minimum atomic E-state index is -0.170. The molecule has 0 unspecified atom stereocenters. The molecule has 0 radical (unpaired) electrons. The first-order valence-electron chi connectivity index (χ1n) is 6.71. The van der Waals surface area contributed by atoms with Gasteiger partial charge in [0.2, 0.25) is 5.89 Å². The van der Waals surface area contributed by atoms with Gasteiger partial charge in [-0.2, -0.15) is 0 Å². The van der Waals surface area contributed by atoms with Gasteiger partial charge in [0, 0.05) is 12.1 Å². The fraction of sp³-hybridized carbons (Fsp3) is 0.846. The van der Waals surface area contributed by atoms with Crippen LogP contribution < -0.4 is 10.2 Å². The average molecular weight is 268 g/mol. The minimum absolute atomic E-state index is 0.0373. The number of hydrogen-bond acceptors (Lipinski definition) is 6. The third-order valence-electron chi connectivity index (χ3n) is 2.92. The Labute approximate surface area is 114 Å². The van der Waals surface area contributed by atoms with Crippen LogP contribution >= 0.6 is 0 Å². The molecule has 19 heavy (non-hydrogen) atoms. The Morgan fingerprint density at radius 1 is 1.32 bits per heavy atom. The number of ether oxygens (including phenoxy) is 1. The van der Waals surface area contributed by atoms with Crippen molar-refractivity contribution in [2.75, 3.05) is 24.6 Å². The zero-order valence-electron chi connectivity index (χ0n) is 12.5. The van der Waals surface area contributed by atoms with Crippen LogP contribution in [0.25, 0.3) is 0 Å². The van der Waals surface area contributed by atoms with E-state index in [0.29, 0.717) is 25.1 Å². The van der Waals surface area contributed by atoms with Crippen molar-refractivity contribution < 1.29 is 9.15 Å². The van der Waals surface area contributed by atoms with Crippen molar-refractivity contribution in [3.05, 3.63) is 5.89 Å². The molecule has 1 aromatic heterocycles. The van der Waals surface area contributed by atoms with E-state index in [1.807, 2.05) is 0 Å². The number of nitrogens with one attached hydrogen (secondary N) is 1. The lowest BCUT2D eigenvalue weighted by atomic mass is 10.1. The molecule has 0 amide bonds. The van der Waals surface area contributed by atoms with Gasteiger partial charge in [0.15, 0.2) is 0 Å². The summed E-state index contributed by atoms with van der Waals surface area (Å²) in [5, 5.41) is 11.5. The van der Waals surface area contributed by atoms with Gasteiger partial charge >= 0.3 is 6.01 Å². The second-order valence-corrected chi connectivity index (χ2v) is 6.61. The van der Waals surface area contributed by atoms with E-state index in [1.54, 1.807) is 0 Å². The highest BCUT2D eigenvalue weighted by Gasteiger charge is 2.29. The molecule has 6 heteroatoms. The molecule has 0 aliphatic carbocycles. The zero-order valence-corrected chi connectivity index (χ0v) is 12.5. The topological polar surface area (TPSA) is 63.4 Å². The molecule has 1 fully saturated rings. The van der Waals surface area contributed by atoms with E-state index in [1.165, 1.54) is 0 Å². The van der Waals surface area contributed by atoms with E-state index in [9.17, 15) is 0 Å². The lowest BCUT2D eigenvalue weighted by Crippen LogP contribution is -2.48. The van der Waals surface area contributed by atoms with E-state index < -0.39 is 0 Å². The quantitative estimate of drug-likeness (QED) is 0.898. The van der Waals surface area contributed by atoms with Gasteiger partial charge in [0.1, 0.15) is 0 Å². The van der Waals surface area contributed by atoms with Crippen LogP contribution in [0.15, 0.2) is 4.42 Å². The fourth-order valence-corrected chi connectivity index (χ4v) is 1.96. The van der Waals surface area contributed by atoms with Gasteiger partial charge in [-0.15, -0.1) is 5.10 Å². The standard InChI is InChI=1S/C13H24N4O2/c1-12(2,3)14-8-10-15-16-11(19-10)17-6-7-18-13(4,5)9-17/h14H,6-9H2,1-5H3. The van der Waals surface area contributed by atoms with E-state index in [-0.39, 0.29) is 11.1 Å². The molecular formula is C13H24N4O2. The number of morpholine rings is 1. The summed E-state index contributed by atoms with van der Waals surface area (Å²) in [5.41, 5.74) is -0.133. The van der Waals surface area contributed by atoms with Crippen molar-refractivity contribution in [3.8, 4) is 0 Å². The second-order valence-electron chi connectivity index (χ2n) is 6.61. The van der Waals surface area contributed by atoms with Gasteiger partial charge in [-0.25, -0.2) is 0 Å². The molecule has 0 aromatic carbocycles. The predicted octanol–water partition coefficient (Wildman–Crippen LogP) is 1.57. The number of nitrogens with zero attached hydrogens (tertiary/aromatic N) is 3. The number of rotatable bonds is 3. The van der Waals surface area contributed by atoms with Crippen molar-refractivity contribution in [1.29, 1.82) is 0 Å². The molecule has 1 aliphatic heterocycles. The van der Waals surface area contributed by atoms with Crippen molar-refractivity contribution in [2.24, 2.45) is 0 Å². The first kappa shape index (κ1) is 14.3. The summed E-state index contributed by atoms with van der Waals surface area (Å²) in [5.74, 6) is 0.620. The molecule has 0 bridgehead atoms. The molecule has 0 atom stereocenters. The average Bonchev–Trinajstić information content (AvgIpc) is 2.72. The van der Waals surface area contributed by atoms with Gasteiger partial charge < -0.3 is 19.4 Å². The molecule has 1 N–H and O–H groups in total. The lowest BCUT2D eigenvalue weighted by molar-refractivity contribution is -0.0290. The van der Waals surface area contributed by atoms with Gasteiger partial charge in [-0.05, 0) is 34.6 Å². The number of aromatic nitrogens is 2. The Morgan fingerprint density at radius 3 is 2.68 bits per heavy atom. The summed E-state index contributed by atoms with van der Waals surface area (Å²) < 4.78 is 11.4. The maximum absolute atomic E-state index is 5.70. The first-order valence-corrected chi connectivity index (χ1v) is 6.71. The van der Waals surface area contributed by atoms with Crippen LogP contribution in [0.4, 0.5) is 6.01 Å². The van der Waals surface area contributed by atoms with Crippen LogP contribution in [-0.2, 0) is 11.3 Å². The lowest BCUT2D eigenvalue weighted by Gasteiger charge is -2.36. The van der Waals surface area contributed by atoms with E-state index in [2.05, 4.69) is 55.0 Å². The van der Waals surface area contributed by atoms with E-state index in [0.717, 1.165) is 13.1 Å². The molecular weight excluding hydrogens is 244 g/mol. The minimum Gasteiger partial charge on any atom is -0.407 e. The number of anilines is 1.